The summed E-state index contributed by atoms with van der Waals surface area (Å²) in [6, 6.07) is 9.42. The zero-order chi connectivity index (χ0) is 16.6. The molecule has 0 radical (unpaired) electrons. The second kappa shape index (κ2) is 5.87. The van der Waals surface area contributed by atoms with Gasteiger partial charge in [0.25, 0.3) is 0 Å². The first-order valence-electron chi connectivity index (χ1n) is 7.82. The molecular weight excluding hydrogens is 290 g/mol. The van der Waals surface area contributed by atoms with Gasteiger partial charge >= 0.3 is 0 Å². The predicted octanol–water partition coefficient (Wildman–Crippen LogP) is 2.98. The summed E-state index contributed by atoms with van der Waals surface area (Å²) in [5, 5.41) is 23.4. The number of phenolic OH excluding ortho intramolecular Hbond substituents is 1. The first-order chi connectivity index (χ1) is 10.9. The Hall–Kier alpha value is -2.04. The first kappa shape index (κ1) is 15.8. The Morgan fingerprint density at radius 1 is 1.13 bits per heavy atom. The van der Waals surface area contributed by atoms with E-state index in [1.165, 1.54) is 0 Å². The van der Waals surface area contributed by atoms with Gasteiger partial charge in [0.05, 0.1) is 13.7 Å². The molecule has 0 spiro atoms. The lowest BCUT2D eigenvalue weighted by molar-refractivity contribution is 0.281. The first-order valence-corrected chi connectivity index (χ1v) is 7.82. The van der Waals surface area contributed by atoms with Gasteiger partial charge in [-0.25, -0.2) is 0 Å². The summed E-state index contributed by atoms with van der Waals surface area (Å²) in [4.78, 5) is 0. The number of aromatic hydroxyl groups is 1. The van der Waals surface area contributed by atoms with Crippen molar-refractivity contribution in [1.29, 1.82) is 0 Å². The smallest absolute Gasteiger partial charge is 0.120 e. The zero-order valence-electron chi connectivity index (χ0n) is 13.8. The van der Waals surface area contributed by atoms with E-state index in [0.29, 0.717) is 12.3 Å². The van der Waals surface area contributed by atoms with E-state index in [-0.39, 0.29) is 12.1 Å². The monoisotopic (exact) mass is 313 g/mol. The summed E-state index contributed by atoms with van der Waals surface area (Å²) in [5.74, 6) is 1.05. The number of aliphatic hydroxyl groups excluding tert-OH is 1. The standard InChI is InChI=1S/C19H23NO3/c1-19(2)9-16-15(6-7-18(22)17(16)10-20-19)14-5-4-13(23-3)8-12(14)11-21/h4-8,20-22H,9-11H2,1-3H3. The molecule has 122 valence electrons. The van der Waals surface area contributed by atoms with E-state index >= 15 is 0 Å². The van der Waals surface area contributed by atoms with E-state index < -0.39 is 0 Å². The molecule has 1 aliphatic heterocycles. The Labute approximate surface area is 136 Å². The molecule has 23 heavy (non-hydrogen) atoms. The zero-order valence-corrected chi connectivity index (χ0v) is 13.8. The van der Waals surface area contributed by atoms with E-state index in [0.717, 1.165) is 40.0 Å². The van der Waals surface area contributed by atoms with Gasteiger partial charge in [-0.3, -0.25) is 0 Å². The molecule has 3 rings (SSSR count). The highest BCUT2D eigenvalue weighted by Crippen LogP contribution is 2.38. The maximum Gasteiger partial charge on any atom is 0.120 e. The Balaban J connectivity index is 2.18. The predicted molar refractivity (Wildman–Crippen MR) is 90.6 cm³/mol. The molecule has 3 N–H and O–H groups in total. The normalized spacial score (nSPS) is 16.0. The number of methoxy groups -OCH3 is 1. The number of benzene rings is 2. The van der Waals surface area contributed by atoms with Crippen molar-refractivity contribution in [2.24, 2.45) is 0 Å². The SMILES string of the molecule is COc1ccc(-c2ccc(O)c3c2CC(C)(C)NC3)c(CO)c1. The molecule has 0 fully saturated rings. The lowest BCUT2D eigenvalue weighted by Gasteiger charge is -2.34. The number of ether oxygens (including phenoxy) is 1. The van der Waals surface area contributed by atoms with Gasteiger partial charge in [0, 0.05) is 17.6 Å². The highest BCUT2D eigenvalue weighted by Gasteiger charge is 2.28. The van der Waals surface area contributed by atoms with E-state index in [1.807, 2.05) is 24.3 Å². The summed E-state index contributed by atoms with van der Waals surface area (Å²) in [6.45, 7) is 4.91. The van der Waals surface area contributed by atoms with Gasteiger partial charge in [0.2, 0.25) is 0 Å². The lowest BCUT2D eigenvalue weighted by Crippen LogP contribution is -2.44. The molecule has 0 atom stereocenters. The third kappa shape index (κ3) is 2.92. The van der Waals surface area contributed by atoms with Crippen LogP contribution in [0.3, 0.4) is 0 Å². The van der Waals surface area contributed by atoms with Gasteiger partial charge in [-0.05, 0) is 60.7 Å². The van der Waals surface area contributed by atoms with Crippen molar-refractivity contribution in [3.63, 3.8) is 0 Å². The Bertz CT molecular complexity index is 738. The van der Waals surface area contributed by atoms with Crippen molar-refractivity contribution in [3.05, 3.63) is 47.0 Å². The van der Waals surface area contributed by atoms with E-state index in [4.69, 9.17) is 4.74 Å². The number of hydrogen-bond acceptors (Lipinski definition) is 4. The molecule has 4 heteroatoms. The van der Waals surface area contributed by atoms with Gasteiger partial charge in [-0.1, -0.05) is 12.1 Å². The van der Waals surface area contributed by atoms with Crippen LogP contribution in [0.4, 0.5) is 0 Å². The topological polar surface area (TPSA) is 61.7 Å². The van der Waals surface area contributed by atoms with Crippen molar-refractivity contribution in [2.75, 3.05) is 7.11 Å². The Morgan fingerprint density at radius 3 is 2.57 bits per heavy atom. The molecule has 1 aliphatic rings. The number of aliphatic hydroxyl groups is 1. The number of hydrogen-bond donors (Lipinski definition) is 3. The largest absolute Gasteiger partial charge is 0.508 e. The fraction of sp³-hybridized carbons (Fsp3) is 0.368. The van der Waals surface area contributed by atoms with Gasteiger partial charge in [0.1, 0.15) is 11.5 Å². The molecule has 1 heterocycles. The summed E-state index contributed by atoms with van der Waals surface area (Å²) >= 11 is 0. The van der Waals surface area contributed by atoms with Crippen LogP contribution in [0, 0.1) is 0 Å². The molecule has 0 aromatic heterocycles. The average molecular weight is 313 g/mol. The summed E-state index contributed by atoms with van der Waals surface area (Å²) in [7, 11) is 1.62. The van der Waals surface area contributed by atoms with E-state index in [9.17, 15) is 10.2 Å². The van der Waals surface area contributed by atoms with Crippen molar-refractivity contribution < 1.29 is 14.9 Å². The Kier molecular flexibility index (Phi) is 4.04. The van der Waals surface area contributed by atoms with Crippen LogP contribution < -0.4 is 10.1 Å². The van der Waals surface area contributed by atoms with Gasteiger partial charge in [-0.15, -0.1) is 0 Å². The third-order valence-electron chi connectivity index (χ3n) is 4.54. The van der Waals surface area contributed by atoms with Crippen molar-refractivity contribution in [1.82, 2.24) is 5.32 Å². The molecule has 0 saturated heterocycles. The van der Waals surface area contributed by atoms with Crippen LogP contribution in [0.25, 0.3) is 11.1 Å². The molecule has 0 bridgehead atoms. The fourth-order valence-electron chi connectivity index (χ4n) is 3.25. The van der Waals surface area contributed by atoms with Crippen LogP contribution >= 0.6 is 0 Å². The summed E-state index contributed by atoms with van der Waals surface area (Å²) in [6.07, 6.45) is 0.822. The molecule has 2 aromatic carbocycles. The third-order valence-corrected chi connectivity index (χ3v) is 4.54. The minimum atomic E-state index is -0.0518. The average Bonchev–Trinajstić information content (AvgIpc) is 2.54. The van der Waals surface area contributed by atoms with Crippen LogP contribution in [0.1, 0.15) is 30.5 Å². The van der Waals surface area contributed by atoms with Gasteiger partial charge in [-0.2, -0.15) is 0 Å². The summed E-state index contributed by atoms with van der Waals surface area (Å²) < 4.78 is 5.25. The molecule has 0 aliphatic carbocycles. The Morgan fingerprint density at radius 2 is 1.87 bits per heavy atom. The second-order valence-corrected chi connectivity index (χ2v) is 6.68. The van der Waals surface area contributed by atoms with E-state index in [1.54, 1.807) is 13.2 Å². The fourth-order valence-corrected chi connectivity index (χ4v) is 3.25. The number of phenols is 1. The number of rotatable bonds is 3. The van der Waals surface area contributed by atoms with Crippen molar-refractivity contribution in [3.8, 4) is 22.6 Å². The van der Waals surface area contributed by atoms with Crippen LogP contribution in [0.2, 0.25) is 0 Å². The summed E-state index contributed by atoms with van der Waals surface area (Å²) in [5.41, 5.74) is 4.95. The molecule has 2 aromatic rings. The van der Waals surface area contributed by atoms with Crippen LogP contribution in [-0.2, 0) is 19.6 Å². The van der Waals surface area contributed by atoms with Gasteiger partial charge < -0.3 is 20.3 Å². The van der Waals surface area contributed by atoms with Gasteiger partial charge in [0.15, 0.2) is 0 Å². The minimum absolute atomic E-state index is 0.0264. The van der Waals surface area contributed by atoms with Crippen LogP contribution in [0.5, 0.6) is 11.5 Å². The molecule has 0 unspecified atom stereocenters. The minimum Gasteiger partial charge on any atom is -0.508 e. The maximum atomic E-state index is 10.2. The molecule has 4 nitrogen and oxygen atoms in total. The van der Waals surface area contributed by atoms with Crippen LogP contribution in [0.15, 0.2) is 30.3 Å². The second-order valence-electron chi connectivity index (χ2n) is 6.68. The van der Waals surface area contributed by atoms with E-state index in [2.05, 4.69) is 19.2 Å². The maximum absolute atomic E-state index is 10.2. The molecule has 0 amide bonds. The number of nitrogens with one attached hydrogen (secondary N) is 1. The highest BCUT2D eigenvalue weighted by molar-refractivity contribution is 5.74. The van der Waals surface area contributed by atoms with Crippen molar-refractivity contribution in [2.45, 2.75) is 39.0 Å². The highest BCUT2D eigenvalue weighted by atomic mass is 16.5. The molecule has 0 saturated carbocycles. The van der Waals surface area contributed by atoms with Crippen LogP contribution in [-0.4, -0.2) is 22.9 Å². The lowest BCUT2D eigenvalue weighted by atomic mass is 9.82. The number of fused-ring (bicyclic) bond motifs is 1. The quantitative estimate of drug-likeness (QED) is 0.815. The van der Waals surface area contributed by atoms with Crippen molar-refractivity contribution >= 4 is 0 Å². The molecular formula is C19H23NO3.